The zero-order chi connectivity index (χ0) is 13.1. The van der Waals surface area contributed by atoms with Crippen LogP contribution in [-0.4, -0.2) is 10.9 Å². The van der Waals surface area contributed by atoms with Crippen LogP contribution in [0, 0.1) is 11.6 Å². The van der Waals surface area contributed by atoms with E-state index in [0.29, 0.717) is 10.2 Å². The Bertz CT molecular complexity index is 604. The van der Waals surface area contributed by atoms with Crippen LogP contribution >= 0.6 is 15.9 Å². The molecule has 0 saturated carbocycles. The van der Waals surface area contributed by atoms with Gasteiger partial charge in [-0.1, -0.05) is 0 Å². The molecule has 0 atom stereocenters. The molecule has 2 aromatic rings. The fourth-order valence-electron chi connectivity index (χ4n) is 1.33. The number of aromatic nitrogens is 1. The van der Waals surface area contributed by atoms with Crippen LogP contribution < -0.4 is 5.32 Å². The SMILES string of the molecule is O=C(Nc1cc(F)ccc1F)c1ccnc(Br)c1. The predicted octanol–water partition coefficient (Wildman–Crippen LogP) is 3.37. The molecular formula is C12H7BrF2N2O. The Kier molecular flexibility index (Phi) is 3.66. The molecule has 0 aliphatic carbocycles. The lowest BCUT2D eigenvalue weighted by atomic mass is 10.2. The lowest BCUT2D eigenvalue weighted by Gasteiger charge is -2.06. The van der Waals surface area contributed by atoms with Gasteiger partial charge in [0.2, 0.25) is 0 Å². The zero-order valence-electron chi connectivity index (χ0n) is 8.95. The van der Waals surface area contributed by atoms with Gasteiger partial charge in [-0.05, 0) is 40.2 Å². The van der Waals surface area contributed by atoms with E-state index in [2.05, 4.69) is 26.2 Å². The van der Waals surface area contributed by atoms with Crippen molar-refractivity contribution in [3.05, 3.63) is 58.3 Å². The molecule has 0 radical (unpaired) electrons. The third-order valence-electron chi connectivity index (χ3n) is 2.17. The van der Waals surface area contributed by atoms with Crippen molar-refractivity contribution in [2.75, 3.05) is 5.32 Å². The summed E-state index contributed by atoms with van der Waals surface area (Å²) in [5.74, 6) is -1.86. The maximum atomic E-state index is 13.3. The lowest BCUT2D eigenvalue weighted by Crippen LogP contribution is -2.13. The summed E-state index contributed by atoms with van der Waals surface area (Å²) < 4.78 is 26.7. The van der Waals surface area contributed by atoms with Crippen LogP contribution in [0.5, 0.6) is 0 Å². The highest BCUT2D eigenvalue weighted by atomic mass is 79.9. The number of anilines is 1. The molecule has 18 heavy (non-hydrogen) atoms. The first-order chi connectivity index (χ1) is 8.56. The monoisotopic (exact) mass is 312 g/mol. The van der Waals surface area contributed by atoms with E-state index in [4.69, 9.17) is 0 Å². The van der Waals surface area contributed by atoms with Crippen LogP contribution in [0.3, 0.4) is 0 Å². The van der Waals surface area contributed by atoms with Crippen molar-refractivity contribution in [2.45, 2.75) is 0 Å². The number of benzene rings is 1. The molecule has 1 amide bonds. The minimum absolute atomic E-state index is 0.201. The first-order valence-electron chi connectivity index (χ1n) is 4.94. The highest BCUT2D eigenvalue weighted by molar-refractivity contribution is 9.10. The molecule has 6 heteroatoms. The molecule has 0 fully saturated rings. The van der Waals surface area contributed by atoms with Crippen molar-refractivity contribution < 1.29 is 13.6 Å². The second-order valence-corrected chi connectivity index (χ2v) is 4.26. The van der Waals surface area contributed by atoms with Gasteiger partial charge in [0.1, 0.15) is 16.2 Å². The Labute approximate surface area is 110 Å². The number of halogens is 3. The van der Waals surface area contributed by atoms with Crippen molar-refractivity contribution in [3.8, 4) is 0 Å². The van der Waals surface area contributed by atoms with Crippen LogP contribution in [0.2, 0.25) is 0 Å². The second kappa shape index (κ2) is 5.22. The molecule has 1 N–H and O–H groups in total. The first-order valence-corrected chi connectivity index (χ1v) is 5.73. The van der Waals surface area contributed by atoms with Crippen LogP contribution in [0.15, 0.2) is 41.1 Å². The fourth-order valence-corrected chi connectivity index (χ4v) is 1.70. The molecule has 0 bridgehead atoms. The summed E-state index contributed by atoms with van der Waals surface area (Å²) in [5, 5.41) is 2.29. The number of carbonyl (C=O) groups is 1. The third-order valence-corrected chi connectivity index (χ3v) is 2.60. The molecule has 92 valence electrons. The van der Waals surface area contributed by atoms with Crippen molar-refractivity contribution in [1.29, 1.82) is 0 Å². The summed E-state index contributed by atoms with van der Waals surface area (Å²) in [6.07, 6.45) is 1.43. The van der Waals surface area contributed by atoms with E-state index in [1.165, 1.54) is 18.3 Å². The summed E-state index contributed by atoms with van der Waals surface area (Å²) in [4.78, 5) is 15.6. The van der Waals surface area contributed by atoms with Gasteiger partial charge in [0.05, 0.1) is 5.69 Å². The van der Waals surface area contributed by atoms with Gasteiger partial charge in [-0.25, -0.2) is 13.8 Å². The zero-order valence-corrected chi connectivity index (χ0v) is 10.5. The molecule has 2 rings (SSSR count). The van der Waals surface area contributed by atoms with Crippen molar-refractivity contribution in [2.24, 2.45) is 0 Å². The predicted molar refractivity (Wildman–Crippen MR) is 66.2 cm³/mol. The fraction of sp³-hybridized carbons (Fsp3) is 0. The molecule has 1 aromatic carbocycles. The lowest BCUT2D eigenvalue weighted by molar-refractivity contribution is 0.102. The Morgan fingerprint density at radius 2 is 2.00 bits per heavy atom. The van der Waals surface area contributed by atoms with Crippen LogP contribution in [0.1, 0.15) is 10.4 Å². The Morgan fingerprint density at radius 1 is 1.22 bits per heavy atom. The van der Waals surface area contributed by atoms with E-state index in [1.54, 1.807) is 0 Å². The maximum absolute atomic E-state index is 13.3. The van der Waals surface area contributed by atoms with Gasteiger partial charge in [0.25, 0.3) is 5.91 Å². The van der Waals surface area contributed by atoms with Crippen molar-refractivity contribution in [1.82, 2.24) is 4.98 Å². The molecule has 3 nitrogen and oxygen atoms in total. The van der Waals surface area contributed by atoms with Gasteiger partial charge in [-0.15, -0.1) is 0 Å². The van der Waals surface area contributed by atoms with Gasteiger partial charge < -0.3 is 5.32 Å². The molecule has 1 aromatic heterocycles. The number of rotatable bonds is 2. The van der Waals surface area contributed by atoms with E-state index in [-0.39, 0.29) is 5.69 Å². The van der Waals surface area contributed by atoms with E-state index in [1.807, 2.05) is 0 Å². The number of nitrogens with zero attached hydrogens (tertiary/aromatic N) is 1. The van der Waals surface area contributed by atoms with Gasteiger partial charge in [0, 0.05) is 17.8 Å². The standard InChI is InChI=1S/C12H7BrF2N2O/c13-11-5-7(3-4-16-11)12(18)17-10-6-8(14)1-2-9(10)15/h1-6H,(H,17,18). The minimum atomic E-state index is -0.696. The van der Waals surface area contributed by atoms with Crippen LogP contribution in [0.25, 0.3) is 0 Å². The summed E-state index contributed by atoms with van der Waals surface area (Å²) in [5.41, 5.74) is 0.0912. The topological polar surface area (TPSA) is 42.0 Å². The third kappa shape index (κ3) is 2.89. The average Bonchev–Trinajstić information content (AvgIpc) is 2.34. The molecule has 0 saturated heterocycles. The average molecular weight is 313 g/mol. The number of hydrogen-bond donors (Lipinski definition) is 1. The van der Waals surface area contributed by atoms with E-state index < -0.39 is 17.5 Å². The second-order valence-electron chi connectivity index (χ2n) is 3.45. The molecule has 0 spiro atoms. The summed E-state index contributed by atoms with van der Waals surface area (Å²) in [7, 11) is 0. The first kappa shape index (κ1) is 12.6. The van der Waals surface area contributed by atoms with Gasteiger partial charge in [-0.2, -0.15) is 0 Å². The normalized spacial score (nSPS) is 10.2. The highest BCUT2D eigenvalue weighted by Gasteiger charge is 2.10. The molecule has 0 aliphatic heterocycles. The van der Waals surface area contributed by atoms with E-state index in [9.17, 15) is 13.6 Å². The minimum Gasteiger partial charge on any atom is -0.319 e. The van der Waals surface area contributed by atoms with E-state index >= 15 is 0 Å². The van der Waals surface area contributed by atoms with Crippen molar-refractivity contribution in [3.63, 3.8) is 0 Å². The summed E-state index contributed by atoms with van der Waals surface area (Å²) >= 11 is 3.12. The van der Waals surface area contributed by atoms with Gasteiger partial charge >= 0.3 is 0 Å². The number of hydrogen-bond acceptors (Lipinski definition) is 2. The molecule has 1 heterocycles. The van der Waals surface area contributed by atoms with E-state index in [0.717, 1.165) is 18.2 Å². The smallest absolute Gasteiger partial charge is 0.255 e. The summed E-state index contributed by atoms with van der Waals surface area (Å²) in [6.45, 7) is 0. The van der Waals surface area contributed by atoms with Crippen LogP contribution in [-0.2, 0) is 0 Å². The maximum Gasteiger partial charge on any atom is 0.255 e. The molecule has 0 unspecified atom stereocenters. The van der Waals surface area contributed by atoms with Crippen molar-refractivity contribution >= 4 is 27.5 Å². The number of nitrogens with one attached hydrogen (secondary N) is 1. The Morgan fingerprint density at radius 3 is 2.72 bits per heavy atom. The molecule has 0 aliphatic rings. The van der Waals surface area contributed by atoms with Gasteiger partial charge in [0.15, 0.2) is 0 Å². The number of pyridine rings is 1. The van der Waals surface area contributed by atoms with Gasteiger partial charge in [-0.3, -0.25) is 4.79 Å². The Hall–Kier alpha value is -1.82. The largest absolute Gasteiger partial charge is 0.319 e. The number of amides is 1. The highest BCUT2D eigenvalue weighted by Crippen LogP contribution is 2.17. The Balaban J connectivity index is 2.24. The number of carbonyl (C=O) groups excluding carboxylic acids is 1. The molecular weight excluding hydrogens is 306 g/mol. The quantitative estimate of drug-likeness (QED) is 0.864. The van der Waals surface area contributed by atoms with Crippen LogP contribution in [0.4, 0.5) is 14.5 Å². The summed E-state index contributed by atoms with van der Waals surface area (Å²) in [6, 6.07) is 5.80.